The van der Waals surface area contributed by atoms with Crippen molar-refractivity contribution in [3.63, 3.8) is 0 Å². The predicted molar refractivity (Wildman–Crippen MR) is 86.6 cm³/mol. The highest BCUT2D eigenvalue weighted by atomic mass is 15.3. The van der Waals surface area contributed by atoms with Crippen molar-refractivity contribution < 1.29 is 4.58 Å². The molecule has 1 aliphatic heterocycles. The molecule has 0 bridgehead atoms. The minimum Gasteiger partial charge on any atom is -0.431 e. The highest BCUT2D eigenvalue weighted by Crippen LogP contribution is 2.13. The van der Waals surface area contributed by atoms with E-state index in [1.807, 2.05) is 0 Å². The van der Waals surface area contributed by atoms with Crippen LogP contribution in [0.15, 0.2) is 48.5 Å². The average molecular weight is 278 g/mol. The van der Waals surface area contributed by atoms with Gasteiger partial charge in [0.25, 0.3) is 0 Å². The molecule has 2 aromatic rings. The zero-order chi connectivity index (χ0) is 14.7. The fourth-order valence-electron chi connectivity index (χ4n) is 2.76. The van der Waals surface area contributed by atoms with Gasteiger partial charge in [0.05, 0.1) is 26.2 Å². The van der Waals surface area contributed by atoms with Gasteiger partial charge in [0, 0.05) is 0 Å². The van der Waals surface area contributed by atoms with Crippen LogP contribution < -0.4 is 0 Å². The maximum atomic E-state index is 3.51. The van der Waals surface area contributed by atoms with Crippen LogP contribution in [0.5, 0.6) is 0 Å². The Morgan fingerprint density at radius 1 is 0.952 bits per heavy atom. The summed E-state index contributed by atoms with van der Waals surface area (Å²) < 4.78 is 2.29. The van der Waals surface area contributed by atoms with Crippen LogP contribution >= 0.6 is 0 Å². The van der Waals surface area contributed by atoms with E-state index in [1.54, 1.807) is 0 Å². The van der Waals surface area contributed by atoms with Gasteiger partial charge in [-0.2, -0.15) is 0 Å². The van der Waals surface area contributed by atoms with E-state index in [0.717, 1.165) is 26.2 Å². The molecule has 108 valence electrons. The maximum Gasteiger partial charge on any atom is 0.0882 e. The SMILES string of the molecule is Cc1ccccc1CN1[C-]=[N+](Cc2ccccc2C)CC1. The summed E-state index contributed by atoms with van der Waals surface area (Å²) >= 11 is 0. The van der Waals surface area contributed by atoms with Crippen LogP contribution in [0.3, 0.4) is 0 Å². The van der Waals surface area contributed by atoms with Crippen molar-refractivity contribution in [3.8, 4) is 0 Å². The van der Waals surface area contributed by atoms with Gasteiger partial charge in [-0.15, -0.1) is 6.34 Å². The van der Waals surface area contributed by atoms with Gasteiger partial charge in [0.1, 0.15) is 0 Å². The molecule has 2 nitrogen and oxygen atoms in total. The lowest BCUT2D eigenvalue weighted by Crippen LogP contribution is -2.19. The molecule has 0 fully saturated rings. The normalized spacial score (nSPS) is 14.4. The first kappa shape index (κ1) is 13.9. The predicted octanol–water partition coefficient (Wildman–Crippen LogP) is 3.24. The van der Waals surface area contributed by atoms with Crippen molar-refractivity contribution in [2.75, 3.05) is 13.1 Å². The van der Waals surface area contributed by atoms with E-state index in [4.69, 9.17) is 0 Å². The first-order valence-electron chi connectivity index (χ1n) is 7.57. The van der Waals surface area contributed by atoms with Crippen LogP contribution in [-0.4, -0.2) is 28.9 Å². The number of hydrogen-bond donors (Lipinski definition) is 0. The van der Waals surface area contributed by atoms with E-state index in [9.17, 15) is 0 Å². The van der Waals surface area contributed by atoms with E-state index in [2.05, 4.69) is 78.2 Å². The molecule has 0 aromatic heterocycles. The Balaban J connectivity index is 1.68. The summed E-state index contributed by atoms with van der Waals surface area (Å²) in [5.41, 5.74) is 5.50. The number of hydrogen-bond acceptors (Lipinski definition) is 1. The van der Waals surface area contributed by atoms with Gasteiger partial charge in [-0.3, -0.25) is 0 Å². The molecular formula is C19H22N2. The highest BCUT2D eigenvalue weighted by Gasteiger charge is 2.11. The smallest absolute Gasteiger partial charge is 0.0882 e. The number of benzene rings is 2. The second kappa shape index (κ2) is 6.13. The van der Waals surface area contributed by atoms with E-state index in [-0.39, 0.29) is 0 Å². The molecule has 3 rings (SSSR count). The molecule has 2 aromatic carbocycles. The molecule has 2 heteroatoms. The van der Waals surface area contributed by atoms with Crippen molar-refractivity contribution in [1.29, 1.82) is 0 Å². The second-order valence-corrected chi connectivity index (χ2v) is 5.80. The minimum atomic E-state index is 0.955. The Morgan fingerprint density at radius 3 is 2.24 bits per heavy atom. The number of aryl methyl sites for hydroxylation is 2. The third-order valence-electron chi connectivity index (χ3n) is 4.17. The molecule has 0 saturated carbocycles. The van der Waals surface area contributed by atoms with E-state index in [0.29, 0.717) is 0 Å². The Labute approximate surface area is 127 Å². The van der Waals surface area contributed by atoms with Gasteiger partial charge in [-0.05, 0) is 36.1 Å². The Bertz CT molecular complexity index is 658. The van der Waals surface area contributed by atoms with Gasteiger partial charge in [-0.1, -0.05) is 48.5 Å². The van der Waals surface area contributed by atoms with Crippen molar-refractivity contribution in [2.24, 2.45) is 0 Å². The molecule has 1 heterocycles. The van der Waals surface area contributed by atoms with Crippen LogP contribution in [0.25, 0.3) is 0 Å². The summed E-state index contributed by atoms with van der Waals surface area (Å²) in [7, 11) is 0. The topological polar surface area (TPSA) is 6.25 Å². The molecule has 0 spiro atoms. The monoisotopic (exact) mass is 278 g/mol. The van der Waals surface area contributed by atoms with Gasteiger partial charge in [0.2, 0.25) is 0 Å². The van der Waals surface area contributed by atoms with E-state index in [1.165, 1.54) is 22.3 Å². The standard InChI is InChI=1S/C19H22N2/c1-16-7-3-5-9-18(16)13-20-11-12-21(15-20)14-19-10-6-4-8-17(19)2/h3-10H,11-14H2,1-2H3. The maximum absolute atomic E-state index is 3.51. The lowest BCUT2D eigenvalue weighted by Gasteiger charge is -2.18. The first-order valence-corrected chi connectivity index (χ1v) is 7.57. The van der Waals surface area contributed by atoms with Crippen molar-refractivity contribution >= 4 is 6.34 Å². The molecule has 0 unspecified atom stereocenters. The molecule has 21 heavy (non-hydrogen) atoms. The lowest BCUT2D eigenvalue weighted by molar-refractivity contribution is -0.530. The van der Waals surface area contributed by atoms with Crippen molar-refractivity contribution in [1.82, 2.24) is 4.90 Å². The summed E-state index contributed by atoms with van der Waals surface area (Å²) in [6, 6.07) is 17.2. The zero-order valence-electron chi connectivity index (χ0n) is 12.8. The summed E-state index contributed by atoms with van der Waals surface area (Å²) in [4.78, 5) is 2.29. The minimum absolute atomic E-state index is 0.955. The first-order chi connectivity index (χ1) is 10.2. The van der Waals surface area contributed by atoms with Crippen molar-refractivity contribution in [3.05, 3.63) is 70.8 Å². The molecule has 0 saturated heterocycles. The van der Waals surface area contributed by atoms with E-state index < -0.39 is 0 Å². The Hall–Kier alpha value is -2.09. The summed E-state index contributed by atoms with van der Waals surface area (Å²) in [5.74, 6) is 0. The largest absolute Gasteiger partial charge is 0.431 e. The van der Waals surface area contributed by atoms with Crippen LogP contribution in [-0.2, 0) is 13.1 Å². The molecule has 1 aliphatic rings. The number of nitrogens with zero attached hydrogens (tertiary/aromatic N) is 2. The van der Waals surface area contributed by atoms with Crippen LogP contribution in [0.4, 0.5) is 0 Å². The van der Waals surface area contributed by atoms with E-state index >= 15 is 0 Å². The fourth-order valence-corrected chi connectivity index (χ4v) is 2.76. The summed E-state index contributed by atoms with van der Waals surface area (Å²) in [6.45, 7) is 8.38. The van der Waals surface area contributed by atoms with Crippen molar-refractivity contribution in [2.45, 2.75) is 26.9 Å². The quantitative estimate of drug-likeness (QED) is 0.615. The third-order valence-corrected chi connectivity index (χ3v) is 4.17. The zero-order valence-corrected chi connectivity index (χ0v) is 12.8. The molecule has 0 amide bonds. The van der Waals surface area contributed by atoms with Gasteiger partial charge in [0.15, 0.2) is 0 Å². The van der Waals surface area contributed by atoms with Gasteiger partial charge < -0.3 is 9.48 Å². The average Bonchev–Trinajstić information content (AvgIpc) is 2.91. The Kier molecular flexibility index (Phi) is 4.05. The van der Waals surface area contributed by atoms with Crippen LogP contribution in [0, 0.1) is 13.8 Å². The summed E-state index contributed by atoms with van der Waals surface area (Å²) in [5, 5.41) is 0. The van der Waals surface area contributed by atoms with Crippen LogP contribution in [0.1, 0.15) is 22.3 Å². The molecule has 0 aliphatic carbocycles. The Morgan fingerprint density at radius 2 is 1.57 bits per heavy atom. The van der Waals surface area contributed by atoms with Gasteiger partial charge in [-0.25, -0.2) is 0 Å². The molecular weight excluding hydrogens is 256 g/mol. The molecule has 0 atom stereocenters. The van der Waals surface area contributed by atoms with Gasteiger partial charge >= 0.3 is 0 Å². The summed E-state index contributed by atoms with van der Waals surface area (Å²) in [6.07, 6.45) is 3.51. The number of rotatable bonds is 4. The van der Waals surface area contributed by atoms with Crippen LogP contribution in [0.2, 0.25) is 0 Å². The fraction of sp³-hybridized carbons (Fsp3) is 0.316. The highest BCUT2D eigenvalue weighted by molar-refractivity contribution is 5.51. The lowest BCUT2D eigenvalue weighted by atomic mass is 10.1. The molecule has 0 N–H and O–H groups in total. The third kappa shape index (κ3) is 3.33. The molecule has 0 radical (unpaired) electrons. The second-order valence-electron chi connectivity index (χ2n) is 5.80.